The number of isocyanates is 1. The van der Waals surface area contributed by atoms with Crippen LogP contribution < -0.4 is 0 Å². The highest BCUT2D eigenvalue weighted by molar-refractivity contribution is 7.89. The Kier molecular flexibility index (Phi) is 3.34. The Balaban J connectivity index is 2.34. The molecule has 17 heavy (non-hydrogen) atoms. The van der Waals surface area contributed by atoms with Gasteiger partial charge >= 0.3 is 0 Å². The molecule has 8 nitrogen and oxygen atoms in total. The summed E-state index contributed by atoms with van der Waals surface area (Å²) >= 11 is 0. The summed E-state index contributed by atoms with van der Waals surface area (Å²) in [4.78, 5) is 19.8. The minimum absolute atomic E-state index is 0.0366. The Hall–Kier alpha value is -1.54. The molecule has 0 amide bonds. The summed E-state index contributed by atoms with van der Waals surface area (Å²) in [6, 6.07) is 0. The predicted octanol–water partition coefficient (Wildman–Crippen LogP) is -0.907. The van der Waals surface area contributed by atoms with Gasteiger partial charge in [-0.25, -0.2) is 18.2 Å². The number of aliphatic imine (C=N–C) groups is 1. The van der Waals surface area contributed by atoms with Gasteiger partial charge in [0.1, 0.15) is 0 Å². The van der Waals surface area contributed by atoms with Crippen LogP contribution in [0, 0.1) is 0 Å². The number of hydrogen-bond acceptors (Lipinski definition) is 6. The molecule has 1 saturated heterocycles. The van der Waals surface area contributed by atoms with Crippen LogP contribution in [-0.2, 0) is 19.6 Å². The van der Waals surface area contributed by atoms with Gasteiger partial charge in [0, 0.05) is 6.54 Å². The smallest absolute Gasteiger partial charge is 0.262 e. The Morgan fingerprint density at radius 2 is 2.47 bits per heavy atom. The summed E-state index contributed by atoms with van der Waals surface area (Å²) in [5.74, 6) is 0. The van der Waals surface area contributed by atoms with Crippen molar-refractivity contribution in [2.75, 3.05) is 19.8 Å². The number of carbonyl (C=O) groups excluding carboxylic acids is 1. The minimum atomic E-state index is -3.73. The lowest BCUT2D eigenvalue weighted by Crippen LogP contribution is -2.47. The van der Waals surface area contributed by atoms with Crippen LogP contribution in [0.5, 0.6) is 0 Å². The van der Waals surface area contributed by atoms with Gasteiger partial charge in [-0.3, -0.25) is 0 Å². The van der Waals surface area contributed by atoms with Gasteiger partial charge in [0.25, 0.3) is 10.0 Å². The number of imidazole rings is 1. The molecule has 0 saturated carbocycles. The predicted molar refractivity (Wildman–Crippen MR) is 55.2 cm³/mol. The van der Waals surface area contributed by atoms with Crippen LogP contribution >= 0.6 is 0 Å². The average Bonchev–Trinajstić information content (AvgIpc) is 2.84. The lowest BCUT2D eigenvalue weighted by Gasteiger charge is -2.30. The Morgan fingerprint density at radius 1 is 1.65 bits per heavy atom. The Morgan fingerprint density at radius 3 is 3.12 bits per heavy atom. The molecule has 92 valence electrons. The van der Waals surface area contributed by atoms with Gasteiger partial charge in [-0.15, -0.1) is 0 Å². The van der Waals surface area contributed by atoms with E-state index in [9.17, 15) is 13.2 Å². The first-order chi connectivity index (χ1) is 8.16. The van der Waals surface area contributed by atoms with Crippen LogP contribution in [0.1, 0.15) is 0 Å². The number of sulfonamides is 1. The van der Waals surface area contributed by atoms with Crippen LogP contribution in [0.15, 0.2) is 22.5 Å². The SMILES string of the molecule is O=C=NC1COCCN1S(=O)(=O)c1cnc[nH]1. The van der Waals surface area contributed by atoms with Crippen LogP contribution in [0.2, 0.25) is 0 Å². The second-order valence-electron chi connectivity index (χ2n) is 3.31. The van der Waals surface area contributed by atoms with Crippen LogP contribution in [-0.4, -0.2) is 54.7 Å². The molecule has 0 aromatic carbocycles. The number of hydrogen-bond donors (Lipinski definition) is 1. The third kappa shape index (κ3) is 2.27. The second kappa shape index (κ2) is 4.76. The van der Waals surface area contributed by atoms with Gasteiger partial charge in [-0.1, -0.05) is 0 Å². The first-order valence-corrected chi connectivity index (χ1v) is 6.25. The molecule has 2 rings (SSSR count). The molecule has 1 aliphatic heterocycles. The van der Waals surface area contributed by atoms with Crippen LogP contribution in [0.3, 0.4) is 0 Å². The summed E-state index contributed by atoms with van der Waals surface area (Å²) in [6.45, 7) is 0.443. The van der Waals surface area contributed by atoms with Gasteiger partial charge in [-0.05, 0) is 0 Å². The molecule has 1 aromatic rings. The van der Waals surface area contributed by atoms with Gasteiger partial charge in [0.05, 0.1) is 25.7 Å². The van der Waals surface area contributed by atoms with Gasteiger partial charge in [-0.2, -0.15) is 9.30 Å². The molecule has 0 radical (unpaired) electrons. The van der Waals surface area contributed by atoms with Crippen molar-refractivity contribution in [3.63, 3.8) is 0 Å². The minimum Gasteiger partial charge on any atom is -0.376 e. The first kappa shape index (κ1) is 11.9. The average molecular weight is 258 g/mol. The van der Waals surface area contributed by atoms with E-state index in [2.05, 4.69) is 15.0 Å². The lowest BCUT2D eigenvalue weighted by molar-refractivity contribution is 0.0358. The maximum absolute atomic E-state index is 12.1. The first-order valence-electron chi connectivity index (χ1n) is 4.81. The molecule has 0 spiro atoms. The van der Waals surface area contributed by atoms with E-state index in [4.69, 9.17) is 4.74 Å². The van der Waals surface area contributed by atoms with Gasteiger partial charge < -0.3 is 9.72 Å². The van der Waals surface area contributed by atoms with Crippen molar-refractivity contribution in [1.29, 1.82) is 0 Å². The number of aromatic nitrogens is 2. The summed E-state index contributed by atoms with van der Waals surface area (Å²) in [5, 5.41) is -0.0366. The molecular weight excluding hydrogens is 248 g/mol. The summed E-state index contributed by atoms with van der Waals surface area (Å²) in [6.07, 6.45) is 2.95. The van der Waals surface area contributed by atoms with Crippen molar-refractivity contribution in [3.8, 4) is 0 Å². The molecule has 1 aliphatic rings. The molecule has 1 N–H and O–H groups in total. The summed E-state index contributed by atoms with van der Waals surface area (Å²) < 4.78 is 30.5. The van der Waals surface area contributed by atoms with E-state index in [1.165, 1.54) is 18.6 Å². The standard InChI is InChI=1S/C8H10N4O4S/c13-6-11-7-4-16-2-1-12(7)17(14,15)8-3-9-5-10-8/h3,5,7H,1-2,4H2,(H,9,10). The lowest BCUT2D eigenvalue weighted by atomic mass is 10.4. The van der Waals surface area contributed by atoms with E-state index in [-0.39, 0.29) is 24.8 Å². The molecule has 2 heterocycles. The fourth-order valence-corrected chi connectivity index (χ4v) is 2.92. The Labute approximate surface area is 97.4 Å². The number of morpholine rings is 1. The van der Waals surface area contributed by atoms with E-state index in [0.717, 1.165) is 4.31 Å². The van der Waals surface area contributed by atoms with Crippen molar-refractivity contribution in [1.82, 2.24) is 14.3 Å². The summed E-state index contributed by atoms with van der Waals surface area (Å²) in [5.41, 5.74) is 0. The maximum Gasteiger partial charge on any atom is 0.262 e. The molecule has 1 atom stereocenters. The number of aromatic amines is 1. The second-order valence-corrected chi connectivity index (χ2v) is 5.17. The van der Waals surface area contributed by atoms with Crippen LogP contribution in [0.4, 0.5) is 0 Å². The van der Waals surface area contributed by atoms with Crippen molar-refractivity contribution < 1.29 is 17.9 Å². The number of ether oxygens (including phenoxy) is 1. The van der Waals surface area contributed by atoms with Crippen molar-refractivity contribution >= 4 is 16.1 Å². The molecular formula is C8H10N4O4S. The van der Waals surface area contributed by atoms with E-state index >= 15 is 0 Å². The van der Waals surface area contributed by atoms with E-state index in [1.807, 2.05) is 0 Å². The van der Waals surface area contributed by atoms with Crippen molar-refractivity contribution in [2.24, 2.45) is 4.99 Å². The molecule has 0 aliphatic carbocycles. The zero-order valence-corrected chi connectivity index (χ0v) is 9.55. The highest BCUT2D eigenvalue weighted by atomic mass is 32.2. The van der Waals surface area contributed by atoms with E-state index in [0.29, 0.717) is 0 Å². The molecule has 0 bridgehead atoms. The highest BCUT2D eigenvalue weighted by Gasteiger charge is 2.34. The number of H-pyrrole nitrogens is 1. The number of rotatable bonds is 3. The third-order valence-electron chi connectivity index (χ3n) is 2.32. The van der Waals surface area contributed by atoms with Gasteiger partial charge in [0.15, 0.2) is 11.2 Å². The molecule has 1 fully saturated rings. The Bertz CT molecular complexity index is 520. The fourth-order valence-electron chi connectivity index (χ4n) is 1.53. The number of nitrogens with zero attached hydrogens (tertiary/aromatic N) is 3. The van der Waals surface area contributed by atoms with Crippen molar-refractivity contribution in [2.45, 2.75) is 11.2 Å². The van der Waals surface area contributed by atoms with Crippen LogP contribution in [0.25, 0.3) is 0 Å². The topological polar surface area (TPSA) is 105 Å². The van der Waals surface area contributed by atoms with E-state index < -0.39 is 16.2 Å². The van der Waals surface area contributed by atoms with E-state index in [1.54, 1.807) is 0 Å². The fraction of sp³-hybridized carbons (Fsp3) is 0.500. The molecule has 1 aromatic heterocycles. The quantitative estimate of drug-likeness (QED) is 0.558. The molecule has 9 heteroatoms. The maximum atomic E-state index is 12.1. The summed E-state index contributed by atoms with van der Waals surface area (Å²) in [7, 11) is -3.73. The highest BCUT2D eigenvalue weighted by Crippen LogP contribution is 2.18. The van der Waals surface area contributed by atoms with Crippen molar-refractivity contribution in [3.05, 3.63) is 12.5 Å². The number of nitrogens with one attached hydrogen (secondary N) is 1. The monoisotopic (exact) mass is 258 g/mol. The van der Waals surface area contributed by atoms with Gasteiger partial charge in [0.2, 0.25) is 6.08 Å². The largest absolute Gasteiger partial charge is 0.376 e. The third-order valence-corrected chi connectivity index (χ3v) is 4.14. The zero-order chi connectivity index (χ0) is 12.3. The zero-order valence-electron chi connectivity index (χ0n) is 8.74. The molecule has 1 unspecified atom stereocenters. The normalized spacial score (nSPS) is 22.0.